The lowest BCUT2D eigenvalue weighted by Gasteiger charge is -2.07. The minimum atomic E-state index is 0.134. The first-order valence-corrected chi connectivity index (χ1v) is 8.96. The predicted molar refractivity (Wildman–Crippen MR) is 93.4 cm³/mol. The maximum atomic E-state index is 5.79. The van der Waals surface area contributed by atoms with Crippen molar-refractivity contribution in [1.82, 2.24) is 0 Å². The van der Waals surface area contributed by atoms with E-state index in [0.717, 1.165) is 42.7 Å². The maximum Gasteiger partial charge on any atom is 0.231 e. The summed E-state index contributed by atoms with van der Waals surface area (Å²) < 4.78 is 22.3. The highest BCUT2D eigenvalue weighted by Crippen LogP contribution is 2.42. The minimum absolute atomic E-state index is 0.134. The van der Waals surface area contributed by atoms with E-state index in [4.69, 9.17) is 18.9 Å². The summed E-state index contributed by atoms with van der Waals surface area (Å²) in [6.45, 7) is 8.15. The lowest BCUT2D eigenvalue weighted by Crippen LogP contribution is -2.07. The topological polar surface area (TPSA) is 40.2 Å². The summed E-state index contributed by atoms with van der Waals surface area (Å²) in [7, 11) is 0. The Morgan fingerprint density at radius 2 is 2.12 bits per heavy atom. The van der Waals surface area contributed by atoms with E-state index in [2.05, 4.69) is 26.8 Å². The summed E-state index contributed by atoms with van der Waals surface area (Å²) in [5.74, 6) is 1.62. The van der Waals surface area contributed by atoms with E-state index in [-0.39, 0.29) is 5.60 Å². The number of benzene rings is 1. The van der Waals surface area contributed by atoms with E-state index < -0.39 is 0 Å². The smallest absolute Gasteiger partial charge is 0.231 e. The van der Waals surface area contributed by atoms with Gasteiger partial charge >= 0.3 is 0 Å². The highest BCUT2D eigenvalue weighted by Gasteiger charge is 2.49. The van der Waals surface area contributed by atoms with Gasteiger partial charge in [0.15, 0.2) is 11.5 Å². The Morgan fingerprint density at radius 1 is 1.29 bits per heavy atom. The van der Waals surface area contributed by atoms with Gasteiger partial charge in [0, 0.05) is 0 Å². The highest BCUT2D eigenvalue weighted by molar-refractivity contribution is 5.44. The first-order valence-electron chi connectivity index (χ1n) is 8.96. The van der Waals surface area contributed by atoms with Crippen LogP contribution in [0.15, 0.2) is 29.8 Å². The molecule has 0 aromatic heterocycles. The molecular formula is C20H28O4. The second-order valence-electron chi connectivity index (χ2n) is 6.73. The number of allylic oxidation sites excluding steroid dienone is 1. The first kappa shape index (κ1) is 17.3. The van der Waals surface area contributed by atoms with Crippen molar-refractivity contribution in [2.45, 2.75) is 64.8 Å². The quantitative estimate of drug-likeness (QED) is 0.376. The van der Waals surface area contributed by atoms with Crippen molar-refractivity contribution in [1.29, 1.82) is 0 Å². The number of hydrogen-bond donors (Lipinski definition) is 0. The van der Waals surface area contributed by atoms with Crippen LogP contribution >= 0.6 is 0 Å². The van der Waals surface area contributed by atoms with Crippen LogP contribution in [0.3, 0.4) is 0 Å². The first-order chi connectivity index (χ1) is 11.6. The van der Waals surface area contributed by atoms with Gasteiger partial charge in [-0.05, 0) is 50.3 Å². The molecule has 0 amide bonds. The average molecular weight is 332 g/mol. The lowest BCUT2D eigenvalue weighted by atomic mass is 9.98. The molecule has 132 valence electrons. The lowest BCUT2D eigenvalue weighted by molar-refractivity contribution is 0.147. The van der Waals surface area contributed by atoms with E-state index in [0.29, 0.717) is 26.1 Å². The van der Waals surface area contributed by atoms with Gasteiger partial charge in [0.05, 0.1) is 24.9 Å². The fraction of sp³-hybridized carbons (Fsp3) is 0.600. The van der Waals surface area contributed by atoms with Gasteiger partial charge in [0.2, 0.25) is 6.79 Å². The Labute approximate surface area is 144 Å². The van der Waals surface area contributed by atoms with Crippen LogP contribution in [0.2, 0.25) is 0 Å². The Balaban J connectivity index is 1.39. The zero-order valence-electron chi connectivity index (χ0n) is 15.0. The van der Waals surface area contributed by atoms with Crippen molar-refractivity contribution >= 4 is 0 Å². The molecule has 1 aromatic rings. The average Bonchev–Trinajstić information content (AvgIpc) is 3.04. The Hall–Kier alpha value is -1.52. The monoisotopic (exact) mass is 332 g/mol. The van der Waals surface area contributed by atoms with Gasteiger partial charge in [-0.15, -0.1) is 0 Å². The van der Waals surface area contributed by atoms with Gasteiger partial charge < -0.3 is 18.9 Å². The van der Waals surface area contributed by atoms with E-state index in [9.17, 15) is 0 Å². The van der Waals surface area contributed by atoms with Gasteiger partial charge in [-0.25, -0.2) is 0 Å². The molecule has 4 heteroatoms. The van der Waals surface area contributed by atoms with Crippen molar-refractivity contribution < 1.29 is 18.9 Å². The van der Waals surface area contributed by atoms with E-state index >= 15 is 0 Å². The number of ether oxygens (including phenoxy) is 4. The Morgan fingerprint density at radius 3 is 2.88 bits per heavy atom. The molecule has 0 N–H and O–H groups in total. The van der Waals surface area contributed by atoms with Crippen molar-refractivity contribution in [2.24, 2.45) is 0 Å². The number of epoxide rings is 1. The van der Waals surface area contributed by atoms with Gasteiger partial charge in [-0.1, -0.05) is 31.6 Å². The molecule has 2 heterocycles. The second-order valence-corrected chi connectivity index (χ2v) is 6.73. The molecule has 24 heavy (non-hydrogen) atoms. The molecule has 1 aromatic carbocycles. The second kappa shape index (κ2) is 7.58. The fourth-order valence-electron chi connectivity index (χ4n) is 3.09. The molecular weight excluding hydrogens is 304 g/mol. The number of hydrogen-bond acceptors (Lipinski definition) is 4. The summed E-state index contributed by atoms with van der Waals surface area (Å²) in [5, 5.41) is 0. The molecule has 4 nitrogen and oxygen atoms in total. The van der Waals surface area contributed by atoms with Gasteiger partial charge in [0.1, 0.15) is 0 Å². The number of rotatable bonds is 9. The summed E-state index contributed by atoms with van der Waals surface area (Å²) in [4.78, 5) is 0. The Kier molecular flexibility index (Phi) is 5.47. The van der Waals surface area contributed by atoms with Crippen molar-refractivity contribution in [3.63, 3.8) is 0 Å². The molecule has 2 atom stereocenters. The largest absolute Gasteiger partial charge is 0.454 e. The van der Waals surface area contributed by atoms with Gasteiger partial charge in [-0.3, -0.25) is 0 Å². The molecule has 2 aliphatic heterocycles. The normalized spacial score (nSPS) is 25.1. The summed E-state index contributed by atoms with van der Waals surface area (Å²) >= 11 is 0. The SMILES string of the molecule is CCC(=CCOCc1ccc2c(c1)OCO2)CCC1OC1(C)CC. The summed E-state index contributed by atoms with van der Waals surface area (Å²) in [5.41, 5.74) is 2.69. The van der Waals surface area contributed by atoms with Crippen LogP contribution in [0.5, 0.6) is 11.5 Å². The van der Waals surface area contributed by atoms with Crippen LogP contribution in [-0.2, 0) is 16.1 Å². The third-order valence-corrected chi connectivity index (χ3v) is 5.11. The minimum Gasteiger partial charge on any atom is -0.454 e. The standard InChI is InChI=1S/C20H28O4/c1-4-15(7-9-19-20(3,5-2)24-19)10-11-21-13-16-6-8-17-18(12-16)23-14-22-17/h6,8,10,12,19H,4-5,7,9,11,13-14H2,1-3H3. The van der Waals surface area contributed by atoms with E-state index in [1.54, 1.807) is 0 Å². The molecule has 1 fully saturated rings. The van der Waals surface area contributed by atoms with Crippen molar-refractivity contribution in [3.8, 4) is 11.5 Å². The van der Waals surface area contributed by atoms with Gasteiger partial charge in [-0.2, -0.15) is 0 Å². The fourth-order valence-corrected chi connectivity index (χ4v) is 3.09. The van der Waals surface area contributed by atoms with Crippen LogP contribution < -0.4 is 9.47 Å². The Bertz CT molecular complexity index is 595. The molecule has 0 aliphatic carbocycles. The maximum absolute atomic E-state index is 5.79. The molecule has 1 saturated heterocycles. The van der Waals surface area contributed by atoms with Crippen LogP contribution in [0.4, 0.5) is 0 Å². The van der Waals surface area contributed by atoms with E-state index in [1.807, 2.05) is 18.2 Å². The highest BCUT2D eigenvalue weighted by atomic mass is 16.7. The van der Waals surface area contributed by atoms with Gasteiger partial charge in [0.25, 0.3) is 0 Å². The van der Waals surface area contributed by atoms with Crippen LogP contribution in [-0.4, -0.2) is 25.1 Å². The molecule has 3 rings (SSSR count). The van der Waals surface area contributed by atoms with Crippen molar-refractivity contribution in [3.05, 3.63) is 35.4 Å². The van der Waals surface area contributed by atoms with E-state index in [1.165, 1.54) is 5.57 Å². The van der Waals surface area contributed by atoms with Crippen LogP contribution in [0.25, 0.3) is 0 Å². The van der Waals surface area contributed by atoms with Crippen molar-refractivity contribution in [2.75, 3.05) is 13.4 Å². The summed E-state index contributed by atoms with van der Waals surface area (Å²) in [6.07, 6.45) is 7.05. The zero-order valence-corrected chi connectivity index (χ0v) is 15.0. The van der Waals surface area contributed by atoms with Crippen LogP contribution in [0.1, 0.15) is 52.0 Å². The molecule has 0 bridgehead atoms. The molecule has 0 radical (unpaired) electrons. The zero-order chi connectivity index (χ0) is 17.0. The number of fused-ring (bicyclic) bond motifs is 1. The molecule has 2 unspecified atom stereocenters. The van der Waals surface area contributed by atoms with Crippen LogP contribution in [0, 0.1) is 0 Å². The third-order valence-electron chi connectivity index (χ3n) is 5.11. The molecule has 0 spiro atoms. The summed E-state index contributed by atoms with van der Waals surface area (Å²) in [6, 6.07) is 5.95. The molecule has 2 aliphatic rings. The molecule has 0 saturated carbocycles. The third kappa shape index (κ3) is 4.11. The predicted octanol–water partition coefficient (Wildman–Crippen LogP) is 4.62.